The molecule has 106 valence electrons. The topological polar surface area (TPSA) is 83.4 Å². The van der Waals surface area contributed by atoms with Crippen LogP contribution in [0.4, 0.5) is 5.95 Å². The van der Waals surface area contributed by atoms with Gasteiger partial charge in [-0.05, 0) is 49.2 Å². The van der Waals surface area contributed by atoms with Crippen LogP contribution in [0.2, 0.25) is 0 Å². The van der Waals surface area contributed by atoms with E-state index in [9.17, 15) is 0 Å². The number of aromatic amines is 2. The number of nitrogens with two attached hydrogens (primary N) is 1. The van der Waals surface area contributed by atoms with Crippen molar-refractivity contribution in [2.75, 3.05) is 5.73 Å². The predicted molar refractivity (Wildman–Crippen MR) is 86.1 cm³/mol. The number of hydrogen-bond donors (Lipinski definition) is 3. The Hall–Kier alpha value is -2.82. The highest BCUT2D eigenvalue weighted by atomic mass is 15.0. The van der Waals surface area contributed by atoms with Crippen molar-refractivity contribution >= 4 is 28.0 Å². The van der Waals surface area contributed by atoms with E-state index in [0.717, 1.165) is 22.1 Å². The van der Waals surface area contributed by atoms with Crippen LogP contribution in [0.3, 0.4) is 0 Å². The summed E-state index contributed by atoms with van der Waals surface area (Å²) in [5.41, 5.74) is 12.0. The molecule has 0 saturated heterocycles. The Balaban J connectivity index is 0.000000126. The molecule has 0 aliphatic rings. The van der Waals surface area contributed by atoms with Gasteiger partial charge in [0.25, 0.3) is 0 Å². The molecule has 0 fully saturated rings. The maximum atomic E-state index is 5.47. The fourth-order valence-electron chi connectivity index (χ4n) is 2.19. The number of nitrogen functional groups attached to an aromatic ring is 1. The molecule has 5 nitrogen and oxygen atoms in total. The zero-order chi connectivity index (χ0) is 14.8. The second-order valence-corrected chi connectivity index (χ2v) is 5.07. The second kappa shape index (κ2) is 5.28. The molecule has 5 heteroatoms. The van der Waals surface area contributed by atoms with Gasteiger partial charge in [0, 0.05) is 0 Å². The monoisotopic (exact) mass is 279 g/mol. The van der Waals surface area contributed by atoms with E-state index in [1.165, 1.54) is 11.1 Å². The van der Waals surface area contributed by atoms with Crippen LogP contribution in [0.1, 0.15) is 11.1 Å². The van der Waals surface area contributed by atoms with Crippen LogP contribution in [0.25, 0.3) is 22.1 Å². The summed E-state index contributed by atoms with van der Waals surface area (Å²) >= 11 is 0. The lowest BCUT2D eigenvalue weighted by Gasteiger charge is -1.89. The van der Waals surface area contributed by atoms with E-state index in [1.807, 2.05) is 31.2 Å². The van der Waals surface area contributed by atoms with Gasteiger partial charge in [-0.1, -0.05) is 12.1 Å². The maximum absolute atomic E-state index is 5.47. The lowest BCUT2D eigenvalue weighted by molar-refractivity contribution is 1.34. The van der Waals surface area contributed by atoms with Crippen molar-refractivity contribution in [1.82, 2.24) is 19.9 Å². The van der Waals surface area contributed by atoms with Crippen molar-refractivity contribution in [3.8, 4) is 0 Å². The highest BCUT2D eigenvalue weighted by Crippen LogP contribution is 2.13. The molecule has 2 heterocycles. The van der Waals surface area contributed by atoms with E-state index < -0.39 is 0 Å². The van der Waals surface area contributed by atoms with E-state index in [-0.39, 0.29) is 0 Å². The lowest BCUT2D eigenvalue weighted by atomic mass is 10.2. The Morgan fingerprint density at radius 2 is 1.57 bits per heavy atom. The summed E-state index contributed by atoms with van der Waals surface area (Å²) in [7, 11) is 0. The summed E-state index contributed by atoms with van der Waals surface area (Å²) in [6.45, 7) is 4.11. The SMILES string of the molecule is Cc1ccc2nc(N)[nH]c2c1.Cc1ccc2nc[nH]c2c1. The van der Waals surface area contributed by atoms with E-state index in [1.54, 1.807) is 6.33 Å². The van der Waals surface area contributed by atoms with Gasteiger partial charge in [-0.3, -0.25) is 0 Å². The van der Waals surface area contributed by atoms with Gasteiger partial charge in [-0.2, -0.15) is 0 Å². The van der Waals surface area contributed by atoms with Gasteiger partial charge in [0.05, 0.1) is 28.4 Å². The molecule has 4 aromatic rings. The number of H-pyrrole nitrogens is 2. The Bertz CT molecular complexity index is 888. The molecule has 0 saturated carbocycles. The zero-order valence-electron chi connectivity index (χ0n) is 12.0. The largest absolute Gasteiger partial charge is 0.369 e. The maximum Gasteiger partial charge on any atom is 0.198 e. The van der Waals surface area contributed by atoms with Gasteiger partial charge in [-0.25, -0.2) is 9.97 Å². The quantitative estimate of drug-likeness (QED) is 0.461. The van der Waals surface area contributed by atoms with E-state index >= 15 is 0 Å². The minimum Gasteiger partial charge on any atom is -0.369 e. The molecule has 21 heavy (non-hydrogen) atoms. The van der Waals surface area contributed by atoms with Crippen molar-refractivity contribution in [2.24, 2.45) is 0 Å². The van der Waals surface area contributed by atoms with Crippen molar-refractivity contribution < 1.29 is 0 Å². The number of aromatic nitrogens is 4. The van der Waals surface area contributed by atoms with Crippen molar-refractivity contribution in [2.45, 2.75) is 13.8 Å². The summed E-state index contributed by atoms with van der Waals surface area (Å²) in [6, 6.07) is 12.2. The number of benzene rings is 2. The van der Waals surface area contributed by atoms with Crippen LogP contribution in [0, 0.1) is 13.8 Å². The summed E-state index contributed by atoms with van der Waals surface area (Å²) in [5, 5.41) is 0. The van der Waals surface area contributed by atoms with Gasteiger partial charge < -0.3 is 15.7 Å². The van der Waals surface area contributed by atoms with Crippen LogP contribution >= 0.6 is 0 Å². The minimum atomic E-state index is 0.477. The number of fused-ring (bicyclic) bond motifs is 2. The minimum absolute atomic E-state index is 0.477. The van der Waals surface area contributed by atoms with E-state index in [0.29, 0.717) is 5.95 Å². The third-order valence-corrected chi connectivity index (χ3v) is 3.23. The van der Waals surface area contributed by atoms with Crippen molar-refractivity contribution in [3.05, 3.63) is 53.9 Å². The normalized spacial score (nSPS) is 10.6. The molecule has 0 atom stereocenters. The molecular weight excluding hydrogens is 262 g/mol. The molecule has 0 radical (unpaired) electrons. The van der Waals surface area contributed by atoms with Gasteiger partial charge in [-0.15, -0.1) is 0 Å². The number of nitrogens with one attached hydrogen (secondary N) is 2. The lowest BCUT2D eigenvalue weighted by Crippen LogP contribution is -1.84. The molecule has 0 spiro atoms. The first-order valence-corrected chi connectivity index (χ1v) is 6.73. The average Bonchev–Trinajstić information content (AvgIpc) is 3.03. The Labute approximate surface area is 122 Å². The highest BCUT2D eigenvalue weighted by Gasteiger charge is 1.97. The Morgan fingerprint density at radius 1 is 0.905 bits per heavy atom. The third-order valence-electron chi connectivity index (χ3n) is 3.23. The third kappa shape index (κ3) is 2.86. The highest BCUT2D eigenvalue weighted by molar-refractivity contribution is 5.77. The molecule has 0 unspecified atom stereocenters. The average molecular weight is 279 g/mol. The fourth-order valence-corrected chi connectivity index (χ4v) is 2.19. The van der Waals surface area contributed by atoms with Gasteiger partial charge in [0.15, 0.2) is 5.95 Å². The second-order valence-electron chi connectivity index (χ2n) is 5.07. The summed E-state index contributed by atoms with van der Waals surface area (Å²) < 4.78 is 0. The first-order valence-electron chi connectivity index (χ1n) is 6.73. The first-order chi connectivity index (χ1) is 10.1. The summed E-state index contributed by atoms with van der Waals surface area (Å²) in [4.78, 5) is 14.2. The van der Waals surface area contributed by atoms with E-state index in [4.69, 9.17) is 5.73 Å². The molecule has 2 aromatic carbocycles. The number of rotatable bonds is 0. The molecule has 2 aromatic heterocycles. The Morgan fingerprint density at radius 3 is 2.33 bits per heavy atom. The van der Waals surface area contributed by atoms with Crippen LogP contribution in [0.5, 0.6) is 0 Å². The molecule has 4 rings (SSSR count). The molecule has 0 amide bonds. The summed E-state index contributed by atoms with van der Waals surface area (Å²) in [6.07, 6.45) is 1.71. The predicted octanol–water partition coefficient (Wildman–Crippen LogP) is 3.32. The van der Waals surface area contributed by atoms with Gasteiger partial charge in [0.2, 0.25) is 0 Å². The standard InChI is InChI=1S/C8H9N3.C8H8N2/c1-5-2-3-6-7(4-5)11-8(9)10-6;1-6-2-3-7-8(4-6)10-5-9-7/h2-4H,1H3,(H3,9,10,11);2-5H,1H3,(H,9,10). The molecule has 4 N–H and O–H groups in total. The molecule has 0 aliphatic carbocycles. The van der Waals surface area contributed by atoms with Crippen LogP contribution in [-0.4, -0.2) is 19.9 Å². The number of hydrogen-bond acceptors (Lipinski definition) is 3. The van der Waals surface area contributed by atoms with Crippen molar-refractivity contribution in [3.63, 3.8) is 0 Å². The van der Waals surface area contributed by atoms with Gasteiger partial charge >= 0.3 is 0 Å². The number of anilines is 1. The number of imidazole rings is 2. The first kappa shape index (κ1) is 13.2. The van der Waals surface area contributed by atoms with Crippen LogP contribution in [-0.2, 0) is 0 Å². The van der Waals surface area contributed by atoms with E-state index in [2.05, 4.69) is 39.0 Å². The van der Waals surface area contributed by atoms with Crippen molar-refractivity contribution in [1.29, 1.82) is 0 Å². The molecule has 0 aliphatic heterocycles. The molecular formula is C16H17N5. The number of aryl methyl sites for hydroxylation is 2. The zero-order valence-corrected chi connectivity index (χ0v) is 12.0. The van der Waals surface area contributed by atoms with Crippen LogP contribution < -0.4 is 5.73 Å². The van der Waals surface area contributed by atoms with Crippen LogP contribution in [0.15, 0.2) is 42.7 Å². The summed E-state index contributed by atoms with van der Waals surface area (Å²) in [5.74, 6) is 0.477. The Kier molecular flexibility index (Phi) is 3.31. The fraction of sp³-hybridized carbons (Fsp3) is 0.125. The number of nitrogens with zero attached hydrogens (tertiary/aromatic N) is 2. The molecule has 0 bridgehead atoms. The van der Waals surface area contributed by atoms with Gasteiger partial charge in [0.1, 0.15) is 0 Å². The smallest absolute Gasteiger partial charge is 0.198 e.